The monoisotopic (exact) mass is 816 g/mol. The van der Waals surface area contributed by atoms with Crippen LogP contribution in [0.4, 0.5) is 21.2 Å². The van der Waals surface area contributed by atoms with E-state index in [0.717, 1.165) is 11.1 Å². The number of aromatic nitrogens is 4. The topological polar surface area (TPSA) is 300 Å². The summed E-state index contributed by atoms with van der Waals surface area (Å²) in [6.07, 6.45) is 1.73. The second kappa shape index (κ2) is 22.7. The van der Waals surface area contributed by atoms with Crippen LogP contribution in [0, 0.1) is 5.92 Å². The lowest BCUT2D eigenvalue weighted by molar-refractivity contribution is -0.132. The van der Waals surface area contributed by atoms with Crippen LogP contribution in [0.1, 0.15) is 69.6 Å². The average molecular weight is 817 g/mol. The van der Waals surface area contributed by atoms with E-state index in [4.69, 9.17) is 20.9 Å². The van der Waals surface area contributed by atoms with Crippen LogP contribution in [0.3, 0.4) is 0 Å². The summed E-state index contributed by atoms with van der Waals surface area (Å²) >= 11 is 0. The molecule has 0 radical (unpaired) electrons. The van der Waals surface area contributed by atoms with Crippen molar-refractivity contribution in [1.82, 2.24) is 46.5 Å². The molecule has 0 unspecified atom stereocenters. The second-order valence-electron chi connectivity index (χ2n) is 13.8. The van der Waals surface area contributed by atoms with Crippen molar-refractivity contribution in [2.45, 2.75) is 84.7 Å². The predicted octanol–water partition coefficient (Wildman–Crippen LogP) is 2.26. The first-order valence-electron chi connectivity index (χ1n) is 19.2. The van der Waals surface area contributed by atoms with E-state index in [2.05, 4.69) is 51.8 Å². The number of anilines is 2. The summed E-state index contributed by atoms with van der Waals surface area (Å²) in [6.45, 7) is 6.44. The highest BCUT2D eigenvalue weighted by Gasteiger charge is 2.29. The fourth-order valence-electron chi connectivity index (χ4n) is 5.62. The largest absolute Gasteiger partial charge is 0.471 e. The molecule has 0 fully saturated rings. The molecule has 4 aromatic rings. The number of aromatic amines is 1. The first kappa shape index (κ1) is 44.7. The summed E-state index contributed by atoms with van der Waals surface area (Å²) in [5.74, 6) is -1.75. The van der Waals surface area contributed by atoms with Gasteiger partial charge < -0.3 is 57.8 Å². The van der Waals surface area contributed by atoms with Gasteiger partial charge in [-0.1, -0.05) is 50.2 Å². The quantitative estimate of drug-likeness (QED) is 0.0516. The standard InChI is InChI=1S/C39H52N12O8/c1-4-42-39(57)59-21-26-14-16-27(17-15-26)47-34(54)28(7-6-18-43-38(41)56)48-35(55)31(23(2)3)49-30(53)9-5-8-29(52)44-19-24-10-12-25(13-11-24)20-58-36-32-33(46-22-45-32)50-37(40)51-36/h10-17,22-23,28,31H,4-9,18-21H2,1-3H3,(H,42,57)(H,44,52)(H,47,54)(H,48,55)(H,49,53)(H3,41,43,56)(H3,40,45,46,50,51)/t28-,31-/m0/s1. The van der Waals surface area contributed by atoms with Crippen LogP contribution in [0.25, 0.3) is 11.2 Å². The molecule has 20 nitrogen and oxygen atoms in total. The maximum atomic E-state index is 13.5. The van der Waals surface area contributed by atoms with Crippen LogP contribution in [0.5, 0.6) is 5.88 Å². The third-order valence-electron chi connectivity index (χ3n) is 8.75. The number of primary amides is 1. The fourth-order valence-corrected chi connectivity index (χ4v) is 5.62. The number of fused-ring (bicyclic) bond motifs is 1. The summed E-state index contributed by atoms with van der Waals surface area (Å²) in [7, 11) is 0. The molecule has 0 bridgehead atoms. The number of hydrogen-bond acceptors (Lipinski definition) is 12. The van der Waals surface area contributed by atoms with Gasteiger partial charge in [0, 0.05) is 38.2 Å². The first-order chi connectivity index (χ1) is 28.3. The molecule has 0 spiro atoms. The van der Waals surface area contributed by atoms with Gasteiger partial charge in [0.25, 0.3) is 0 Å². The summed E-state index contributed by atoms with van der Waals surface area (Å²) in [6, 6.07) is 11.4. The highest BCUT2D eigenvalue weighted by molar-refractivity contribution is 5.98. The molecule has 0 saturated heterocycles. The third-order valence-corrected chi connectivity index (χ3v) is 8.75. The number of nitrogens with two attached hydrogens (primary N) is 2. The minimum absolute atomic E-state index is 0.00549. The Bertz CT molecular complexity index is 2040. The number of nitrogens with zero attached hydrogens (tertiary/aromatic N) is 3. The molecule has 7 amide bonds. The molecular formula is C39H52N12O8. The van der Waals surface area contributed by atoms with Gasteiger partial charge in [0.2, 0.25) is 35.5 Å². The van der Waals surface area contributed by atoms with Crippen molar-refractivity contribution in [3.05, 3.63) is 71.5 Å². The number of imidazole rings is 1. The van der Waals surface area contributed by atoms with Crippen LogP contribution >= 0.6 is 0 Å². The van der Waals surface area contributed by atoms with E-state index in [1.165, 1.54) is 6.33 Å². The lowest BCUT2D eigenvalue weighted by Gasteiger charge is -2.25. The zero-order chi connectivity index (χ0) is 42.7. The van der Waals surface area contributed by atoms with Gasteiger partial charge >= 0.3 is 12.1 Å². The van der Waals surface area contributed by atoms with Crippen molar-refractivity contribution in [2.75, 3.05) is 24.1 Å². The second-order valence-corrected chi connectivity index (χ2v) is 13.8. The average Bonchev–Trinajstić information content (AvgIpc) is 3.68. The third kappa shape index (κ3) is 15.1. The highest BCUT2D eigenvalue weighted by Crippen LogP contribution is 2.21. The first-order valence-corrected chi connectivity index (χ1v) is 19.2. The normalized spacial score (nSPS) is 11.9. The predicted molar refractivity (Wildman–Crippen MR) is 217 cm³/mol. The van der Waals surface area contributed by atoms with Crippen LogP contribution in [-0.2, 0) is 43.7 Å². The Balaban J connectivity index is 1.21. The van der Waals surface area contributed by atoms with Gasteiger partial charge in [-0.3, -0.25) is 19.2 Å². The minimum Gasteiger partial charge on any atom is -0.471 e. The Morgan fingerprint density at radius 1 is 0.797 bits per heavy atom. The van der Waals surface area contributed by atoms with Crippen LogP contribution in [0.15, 0.2) is 54.9 Å². The summed E-state index contributed by atoms with van der Waals surface area (Å²) in [5, 5.41) is 16.1. The molecule has 2 atom stereocenters. The number of carbonyl (C=O) groups excluding carboxylic acids is 6. The van der Waals surface area contributed by atoms with Crippen molar-refractivity contribution >= 4 is 58.6 Å². The number of rotatable bonds is 22. The van der Waals surface area contributed by atoms with Gasteiger partial charge in [-0.15, -0.1) is 0 Å². The molecule has 2 heterocycles. The van der Waals surface area contributed by atoms with E-state index in [1.54, 1.807) is 45.0 Å². The molecular weight excluding hydrogens is 765 g/mol. The van der Waals surface area contributed by atoms with E-state index in [0.29, 0.717) is 41.3 Å². The zero-order valence-corrected chi connectivity index (χ0v) is 33.3. The molecule has 316 valence electrons. The number of hydrogen-bond donors (Lipinski definition) is 9. The fraction of sp³-hybridized carbons (Fsp3) is 0.410. The number of amides is 7. The van der Waals surface area contributed by atoms with Gasteiger partial charge in [-0.05, 0) is 60.9 Å². The Kier molecular flexibility index (Phi) is 17.2. The van der Waals surface area contributed by atoms with Gasteiger partial charge in [0.15, 0.2) is 5.65 Å². The van der Waals surface area contributed by atoms with Gasteiger partial charge in [0.1, 0.15) is 30.8 Å². The maximum absolute atomic E-state index is 13.5. The number of benzene rings is 2. The van der Waals surface area contributed by atoms with Crippen molar-refractivity contribution < 1.29 is 38.2 Å². The van der Waals surface area contributed by atoms with Gasteiger partial charge in [-0.2, -0.15) is 9.97 Å². The van der Waals surface area contributed by atoms with E-state index in [1.807, 2.05) is 24.3 Å². The molecule has 20 heteroatoms. The molecule has 0 aliphatic carbocycles. The molecule has 0 aliphatic rings. The Labute approximate surface area is 340 Å². The van der Waals surface area contributed by atoms with Gasteiger partial charge in [-0.25, -0.2) is 14.6 Å². The van der Waals surface area contributed by atoms with E-state index in [9.17, 15) is 28.8 Å². The zero-order valence-electron chi connectivity index (χ0n) is 33.3. The number of H-pyrrole nitrogens is 1. The smallest absolute Gasteiger partial charge is 0.407 e. The van der Waals surface area contributed by atoms with E-state index in [-0.39, 0.29) is 69.8 Å². The molecule has 59 heavy (non-hydrogen) atoms. The number of carbonyl (C=O) groups is 6. The Morgan fingerprint density at radius 3 is 2.17 bits per heavy atom. The maximum Gasteiger partial charge on any atom is 0.407 e. The summed E-state index contributed by atoms with van der Waals surface area (Å²) < 4.78 is 10.9. The number of ether oxygens (including phenoxy) is 2. The van der Waals surface area contributed by atoms with Crippen molar-refractivity contribution in [2.24, 2.45) is 11.7 Å². The van der Waals surface area contributed by atoms with Crippen LogP contribution in [-0.4, -0.2) is 80.9 Å². The molecule has 4 rings (SSSR count). The van der Waals surface area contributed by atoms with Crippen LogP contribution < -0.4 is 48.1 Å². The lowest BCUT2D eigenvalue weighted by Crippen LogP contribution is -2.54. The molecule has 0 aliphatic heterocycles. The van der Waals surface area contributed by atoms with Crippen LogP contribution in [0.2, 0.25) is 0 Å². The molecule has 2 aromatic heterocycles. The molecule has 11 N–H and O–H groups in total. The Morgan fingerprint density at radius 2 is 1.47 bits per heavy atom. The lowest BCUT2D eigenvalue weighted by atomic mass is 10.0. The van der Waals surface area contributed by atoms with E-state index < -0.39 is 41.9 Å². The summed E-state index contributed by atoms with van der Waals surface area (Å²) in [5.41, 5.74) is 14.7. The Hall–Kier alpha value is -6.99. The SMILES string of the molecule is CCNC(=O)OCc1ccc(NC(=O)[C@H](CCCNC(N)=O)NC(=O)[C@@H](NC(=O)CCCC(=O)NCc2ccc(COc3nc(N)nc4nc[nH]c34)cc2)C(C)C)cc1. The number of urea groups is 1. The minimum atomic E-state index is -1.03. The number of nitrogens with one attached hydrogen (secondary N) is 7. The number of alkyl carbamates (subject to hydrolysis) is 1. The van der Waals surface area contributed by atoms with Crippen molar-refractivity contribution in [3.63, 3.8) is 0 Å². The van der Waals surface area contributed by atoms with Crippen molar-refractivity contribution in [1.29, 1.82) is 0 Å². The van der Waals surface area contributed by atoms with Gasteiger partial charge in [0.05, 0.1) is 6.33 Å². The summed E-state index contributed by atoms with van der Waals surface area (Å²) in [4.78, 5) is 90.3. The highest BCUT2D eigenvalue weighted by atomic mass is 16.5. The van der Waals surface area contributed by atoms with E-state index >= 15 is 0 Å². The number of nitrogen functional groups attached to an aromatic ring is 1. The van der Waals surface area contributed by atoms with Crippen molar-refractivity contribution in [3.8, 4) is 5.88 Å². The molecule has 2 aromatic carbocycles. The molecule has 0 saturated carbocycles.